The number of hydrogen-bond donors (Lipinski definition) is 1. The van der Waals surface area contributed by atoms with E-state index >= 15 is 0 Å². The number of nitrogens with one attached hydrogen (secondary N) is 1. The van der Waals surface area contributed by atoms with Gasteiger partial charge < -0.3 is 5.32 Å². The van der Waals surface area contributed by atoms with Crippen LogP contribution in [0.4, 0.5) is 5.69 Å². The van der Waals surface area contributed by atoms with Gasteiger partial charge in [0, 0.05) is 24.6 Å². The van der Waals surface area contributed by atoms with Crippen LogP contribution in [-0.4, -0.2) is 21.9 Å². The fraction of sp³-hybridized carbons (Fsp3) is 0.120. The Morgan fingerprint density at radius 2 is 1.59 bits per heavy atom. The van der Waals surface area contributed by atoms with Crippen molar-refractivity contribution < 1.29 is 4.79 Å². The van der Waals surface area contributed by atoms with Crippen molar-refractivity contribution in [2.75, 3.05) is 11.9 Å². The molecule has 0 spiro atoms. The van der Waals surface area contributed by atoms with Gasteiger partial charge in [0.15, 0.2) is 5.82 Å². The molecule has 4 heteroatoms. The molecule has 0 saturated carbocycles. The van der Waals surface area contributed by atoms with Gasteiger partial charge in [0.25, 0.3) is 0 Å². The molecule has 3 aromatic carbocycles. The zero-order valence-electron chi connectivity index (χ0n) is 16.3. The number of aryl methyl sites for hydroxylation is 1. The van der Waals surface area contributed by atoms with E-state index in [1.54, 1.807) is 6.20 Å². The first-order valence-electron chi connectivity index (χ1n) is 9.71. The summed E-state index contributed by atoms with van der Waals surface area (Å²) in [5.41, 5.74) is 4.03. The molecule has 0 aliphatic carbocycles. The Balaban J connectivity index is 1.68. The van der Waals surface area contributed by atoms with Crippen LogP contribution >= 0.6 is 0 Å². The van der Waals surface area contributed by atoms with Gasteiger partial charge in [-0.05, 0) is 36.2 Å². The molecule has 4 aromatic rings. The molecule has 0 unspecified atom stereocenters. The largest absolute Gasteiger partial charge is 0.384 e. The maximum Gasteiger partial charge on any atom is 0.207 e. The fourth-order valence-electron chi connectivity index (χ4n) is 3.49. The zero-order chi connectivity index (χ0) is 20.1. The molecule has 0 amide bonds. The van der Waals surface area contributed by atoms with Crippen LogP contribution in [0.1, 0.15) is 27.7 Å². The number of anilines is 1. The lowest BCUT2D eigenvalue weighted by atomic mass is 9.93. The summed E-state index contributed by atoms with van der Waals surface area (Å²) in [7, 11) is 0. The lowest BCUT2D eigenvalue weighted by molar-refractivity contribution is 0.0952. The number of imidazole rings is 1. The van der Waals surface area contributed by atoms with Crippen LogP contribution in [0.3, 0.4) is 0 Å². The molecule has 0 bridgehead atoms. The minimum absolute atomic E-state index is 0.00659. The van der Waals surface area contributed by atoms with Gasteiger partial charge in [0.2, 0.25) is 5.78 Å². The highest BCUT2D eigenvalue weighted by Crippen LogP contribution is 2.24. The first kappa shape index (κ1) is 18.7. The van der Waals surface area contributed by atoms with E-state index in [9.17, 15) is 4.79 Å². The molecule has 4 nitrogen and oxygen atoms in total. The smallest absolute Gasteiger partial charge is 0.207 e. The van der Waals surface area contributed by atoms with Crippen LogP contribution in [0, 0.1) is 6.92 Å². The third-order valence-electron chi connectivity index (χ3n) is 5.04. The Morgan fingerprint density at radius 1 is 0.931 bits per heavy atom. The van der Waals surface area contributed by atoms with Crippen LogP contribution in [0.15, 0.2) is 97.3 Å². The van der Waals surface area contributed by atoms with Crippen LogP contribution in [0.5, 0.6) is 0 Å². The minimum atomic E-state index is -0.346. The molecule has 0 radical (unpaired) electrons. The maximum absolute atomic E-state index is 13.6. The molecular formula is C25H23N3O. The van der Waals surface area contributed by atoms with E-state index in [0.717, 1.165) is 22.5 Å². The topological polar surface area (TPSA) is 46.9 Å². The zero-order valence-corrected chi connectivity index (χ0v) is 16.3. The summed E-state index contributed by atoms with van der Waals surface area (Å²) < 4.78 is 1.89. The molecule has 0 fully saturated rings. The van der Waals surface area contributed by atoms with Crippen LogP contribution in [0.2, 0.25) is 0 Å². The van der Waals surface area contributed by atoms with Gasteiger partial charge in [-0.2, -0.15) is 0 Å². The SMILES string of the molecule is Cc1ccccc1-n1ccnc1C(=O)[C@H](CNc1ccccc1)c1ccccc1. The second-order valence-electron chi connectivity index (χ2n) is 6.98. The predicted octanol–water partition coefficient (Wildman–Crippen LogP) is 5.26. The van der Waals surface area contributed by atoms with E-state index in [2.05, 4.69) is 10.3 Å². The molecule has 29 heavy (non-hydrogen) atoms. The third-order valence-corrected chi connectivity index (χ3v) is 5.04. The molecule has 0 aliphatic heterocycles. The minimum Gasteiger partial charge on any atom is -0.384 e. The lowest BCUT2D eigenvalue weighted by Gasteiger charge is -2.19. The quantitative estimate of drug-likeness (QED) is 0.444. The highest BCUT2D eigenvalue weighted by atomic mass is 16.1. The van der Waals surface area contributed by atoms with E-state index in [0.29, 0.717) is 12.4 Å². The number of carbonyl (C=O) groups excluding carboxylic acids is 1. The van der Waals surface area contributed by atoms with Crippen molar-refractivity contribution in [1.82, 2.24) is 9.55 Å². The van der Waals surface area contributed by atoms with Crippen molar-refractivity contribution in [2.24, 2.45) is 0 Å². The Labute approximate surface area is 170 Å². The summed E-state index contributed by atoms with van der Waals surface area (Å²) in [5.74, 6) is 0.0949. The second kappa shape index (κ2) is 8.57. The molecular weight excluding hydrogens is 358 g/mol. The predicted molar refractivity (Wildman–Crippen MR) is 117 cm³/mol. The number of carbonyl (C=O) groups is 1. The standard InChI is InChI=1S/C25H23N3O/c1-19-10-8-9-15-23(19)28-17-16-26-25(28)24(29)22(20-11-4-2-5-12-20)18-27-21-13-6-3-7-14-21/h2-17,22,27H,18H2,1H3/t22-/m1/s1. The Kier molecular flexibility index (Phi) is 5.52. The number of benzene rings is 3. The molecule has 1 heterocycles. The van der Waals surface area contributed by atoms with Crippen molar-refractivity contribution in [3.63, 3.8) is 0 Å². The molecule has 4 rings (SSSR count). The third kappa shape index (κ3) is 4.11. The number of hydrogen-bond acceptors (Lipinski definition) is 3. The van der Waals surface area contributed by atoms with Crippen LogP contribution in [-0.2, 0) is 0 Å². The number of Topliss-reactive ketones (excluding diaryl/α,β-unsaturated/α-hetero) is 1. The van der Waals surface area contributed by atoms with Gasteiger partial charge in [0.1, 0.15) is 0 Å². The van der Waals surface area contributed by atoms with Crippen molar-refractivity contribution in [3.05, 3.63) is 114 Å². The monoisotopic (exact) mass is 381 g/mol. The summed E-state index contributed by atoms with van der Waals surface area (Å²) in [6, 6.07) is 27.8. The van der Waals surface area contributed by atoms with Crippen molar-refractivity contribution in [1.29, 1.82) is 0 Å². The first-order valence-corrected chi connectivity index (χ1v) is 9.71. The molecule has 1 aromatic heterocycles. The number of rotatable bonds is 7. The van der Waals surface area contributed by atoms with Crippen molar-refractivity contribution >= 4 is 11.5 Å². The highest BCUT2D eigenvalue weighted by Gasteiger charge is 2.26. The average molecular weight is 381 g/mol. The molecule has 144 valence electrons. The molecule has 0 aliphatic rings. The summed E-state index contributed by atoms with van der Waals surface area (Å²) in [6.07, 6.45) is 3.54. The van der Waals surface area contributed by atoms with Gasteiger partial charge in [-0.25, -0.2) is 4.98 Å². The normalized spacial score (nSPS) is 11.8. The summed E-state index contributed by atoms with van der Waals surface area (Å²) >= 11 is 0. The number of aromatic nitrogens is 2. The molecule has 0 saturated heterocycles. The van der Waals surface area contributed by atoms with Gasteiger partial charge in [-0.15, -0.1) is 0 Å². The van der Waals surface area contributed by atoms with Gasteiger partial charge in [-0.1, -0.05) is 66.7 Å². The van der Waals surface area contributed by atoms with E-state index in [1.165, 1.54) is 0 Å². The van der Waals surface area contributed by atoms with Crippen molar-refractivity contribution in [2.45, 2.75) is 12.8 Å². The average Bonchev–Trinajstić information content (AvgIpc) is 3.25. The van der Waals surface area contributed by atoms with Gasteiger partial charge >= 0.3 is 0 Å². The van der Waals surface area contributed by atoms with Gasteiger partial charge in [0.05, 0.1) is 11.6 Å². The summed E-state index contributed by atoms with van der Waals surface area (Å²) in [6.45, 7) is 2.53. The van der Waals surface area contributed by atoms with E-state index < -0.39 is 0 Å². The van der Waals surface area contributed by atoms with E-state index in [-0.39, 0.29) is 11.7 Å². The molecule has 1 N–H and O–H groups in total. The van der Waals surface area contributed by atoms with Crippen LogP contribution in [0.25, 0.3) is 5.69 Å². The Morgan fingerprint density at radius 3 is 2.31 bits per heavy atom. The lowest BCUT2D eigenvalue weighted by Crippen LogP contribution is -2.24. The van der Waals surface area contributed by atoms with E-state index in [1.807, 2.05) is 103 Å². The number of nitrogens with zero attached hydrogens (tertiary/aromatic N) is 2. The van der Waals surface area contributed by atoms with E-state index in [4.69, 9.17) is 0 Å². The fourth-order valence-corrected chi connectivity index (χ4v) is 3.49. The van der Waals surface area contributed by atoms with Crippen molar-refractivity contribution in [3.8, 4) is 5.69 Å². The number of para-hydroxylation sites is 2. The summed E-state index contributed by atoms with van der Waals surface area (Å²) in [4.78, 5) is 18.0. The first-order chi connectivity index (χ1) is 14.2. The maximum atomic E-state index is 13.6. The molecule has 1 atom stereocenters. The highest BCUT2D eigenvalue weighted by molar-refractivity contribution is 5.99. The number of ketones is 1. The van der Waals surface area contributed by atoms with Crippen LogP contribution < -0.4 is 5.32 Å². The van der Waals surface area contributed by atoms with Gasteiger partial charge in [-0.3, -0.25) is 9.36 Å². The Hall–Kier alpha value is -3.66. The Bertz CT molecular complexity index is 1090. The second-order valence-corrected chi connectivity index (χ2v) is 6.98. The summed E-state index contributed by atoms with van der Waals surface area (Å²) in [5, 5.41) is 3.40.